The summed E-state index contributed by atoms with van der Waals surface area (Å²) in [7, 11) is 0. The molecule has 0 bridgehead atoms. The Morgan fingerprint density at radius 3 is 2.90 bits per heavy atom. The van der Waals surface area contributed by atoms with Crippen molar-refractivity contribution in [1.29, 1.82) is 0 Å². The molecule has 5 rings (SSSR count). The fraction of sp³-hybridized carbons (Fsp3) is 0.261. The number of nitrogens with one attached hydrogen (secondary N) is 1. The lowest BCUT2D eigenvalue weighted by Gasteiger charge is -2.21. The molecule has 1 N–H and O–H groups in total. The number of fused-ring (bicyclic) bond motifs is 2. The molecule has 0 saturated carbocycles. The molecule has 146 valence electrons. The second-order valence-corrected chi connectivity index (χ2v) is 8.79. The average Bonchev–Trinajstić information content (AvgIpc) is 3.31. The highest BCUT2D eigenvalue weighted by atomic mass is 32.1. The molecule has 0 unspecified atom stereocenters. The number of thiazole rings is 1. The molecule has 6 heteroatoms. The van der Waals surface area contributed by atoms with Gasteiger partial charge in [-0.3, -0.25) is 9.78 Å². The van der Waals surface area contributed by atoms with Crippen LogP contribution in [0.25, 0.3) is 32.2 Å². The minimum absolute atomic E-state index is 0.0702. The van der Waals surface area contributed by atoms with Crippen molar-refractivity contribution < 1.29 is 9.53 Å². The Kier molecular flexibility index (Phi) is 4.43. The Morgan fingerprint density at radius 2 is 2.07 bits per heavy atom. The Bertz CT molecular complexity index is 1230. The van der Waals surface area contributed by atoms with Crippen LogP contribution in [0.4, 0.5) is 0 Å². The Balaban J connectivity index is 1.56. The first kappa shape index (κ1) is 18.1. The Morgan fingerprint density at radius 1 is 1.17 bits per heavy atom. The molecule has 1 aliphatic rings. The summed E-state index contributed by atoms with van der Waals surface area (Å²) >= 11 is 1.70. The lowest BCUT2D eigenvalue weighted by atomic mass is 10.0. The molecule has 3 heterocycles. The number of carbonyl (C=O) groups excluding carboxylic acids is 1. The van der Waals surface area contributed by atoms with E-state index in [-0.39, 0.29) is 17.9 Å². The van der Waals surface area contributed by atoms with Crippen LogP contribution in [-0.2, 0) is 4.79 Å². The van der Waals surface area contributed by atoms with Crippen LogP contribution < -0.4 is 10.1 Å². The highest BCUT2D eigenvalue weighted by molar-refractivity contribution is 7.18. The molecule has 29 heavy (non-hydrogen) atoms. The van der Waals surface area contributed by atoms with Crippen LogP contribution in [0.2, 0.25) is 0 Å². The highest BCUT2D eigenvalue weighted by Gasteiger charge is 2.28. The normalized spacial score (nSPS) is 17.6. The topological polar surface area (TPSA) is 64.1 Å². The maximum Gasteiger partial charge on any atom is 0.220 e. The van der Waals surface area contributed by atoms with E-state index in [1.165, 1.54) is 4.70 Å². The lowest BCUT2D eigenvalue weighted by molar-refractivity contribution is -0.119. The molecule has 1 aliphatic heterocycles. The second-order valence-electron chi connectivity index (χ2n) is 7.55. The first-order valence-electron chi connectivity index (χ1n) is 9.76. The van der Waals surface area contributed by atoms with E-state index in [0.29, 0.717) is 13.0 Å². The zero-order valence-electron chi connectivity index (χ0n) is 16.3. The quantitative estimate of drug-likeness (QED) is 0.535. The molecule has 5 nitrogen and oxygen atoms in total. The van der Waals surface area contributed by atoms with Crippen molar-refractivity contribution in [3.8, 4) is 16.9 Å². The molecule has 1 amide bonds. The lowest BCUT2D eigenvalue weighted by Crippen LogP contribution is -2.25. The fourth-order valence-electron chi connectivity index (χ4n) is 3.89. The molecule has 0 aliphatic carbocycles. The molecule has 1 fully saturated rings. The van der Waals surface area contributed by atoms with Gasteiger partial charge in [-0.05, 0) is 61.4 Å². The van der Waals surface area contributed by atoms with Gasteiger partial charge in [-0.1, -0.05) is 6.07 Å². The maximum atomic E-state index is 11.6. The minimum Gasteiger partial charge on any atom is -0.490 e. The van der Waals surface area contributed by atoms with Crippen molar-refractivity contribution in [3.63, 3.8) is 0 Å². The van der Waals surface area contributed by atoms with Crippen LogP contribution in [0.15, 0.2) is 48.7 Å². The van der Waals surface area contributed by atoms with Gasteiger partial charge in [0.15, 0.2) is 0 Å². The summed E-state index contributed by atoms with van der Waals surface area (Å²) in [5.41, 5.74) is 4.10. The number of aryl methyl sites for hydroxylation is 1. The largest absolute Gasteiger partial charge is 0.490 e. The van der Waals surface area contributed by atoms with E-state index in [9.17, 15) is 4.79 Å². The number of rotatable bonds is 4. The molecule has 1 saturated heterocycles. The van der Waals surface area contributed by atoms with Gasteiger partial charge in [0.1, 0.15) is 11.9 Å². The summed E-state index contributed by atoms with van der Waals surface area (Å²) < 4.78 is 7.55. The van der Waals surface area contributed by atoms with E-state index >= 15 is 0 Å². The van der Waals surface area contributed by atoms with E-state index in [2.05, 4.69) is 45.6 Å². The Labute approximate surface area is 172 Å². The summed E-state index contributed by atoms with van der Waals surface area (Å²) in [6.07, 6.45) is 2.24. The zero-order valence-corrected chi connectivity index (χ0v) is 17.1. The van der Waals surface area contributed by atoms with Crippen molar-refractivity contribution >= 4 is 38.4 Å². The number of pyridine rings is 1. The van der Waals surface area contributed by atoms with E-state index in [0.717, 1.165) is 38.3 Å². The molecule has 0 spiro atoms. The number of amides is 1. The van der Waals surface area contributed by atoms with Gasteiger partial charge in [0.25, 0.3) is 0 Å². The van der Waals surface area contributed by atoms with Crippen molar-refractivity contribution in [1.82, 2.24) is 15.3 Å². The smallest absolute Gasteiger partial charge is 0.220 e. The van der Waals surface area contributed by atoms with Crippen LogP contribution in [0.1, 0.15) is 18.4 Å². The van der Waals surface area contributed by atoms with Gasteiger partial charge in [0.2, 0.25) is 5.91 Å². The van der Waals surface area contributed by atoms with Crippen LogP contribution in [0.5, 0.6) is 5.75 Å². The number of ether oxygens (including phenoxy) is 1. The van der Waals surface area contributed by atoms with Gasteiger partial charge in [-0.2, -0.15) is 0 Å². The minimum atomic E-state index is -0.0702. The summed E-state index contributed by atoms with van der Waals surface area (Å²) in [4.78, 5) is 20.7. The maximum absolute atomic E-state index is 11.6. The summed E-state index contributed by atoms with van der Waals surface area (Å²) in [6.45, 7) is 4.73. The van der Waals surface area contributed by atoms with E-state index < -0.39 is 0 Å². The van der Waals surface area contributed by atoms with Crippen LogP contribution >= 0.6 is 11.3 Å². The fourth-order valence-corrected chi connectivity index (χ4v) is 4.75. The molecule has 2 atom stereocenters. The first-order valence-corrected chi connectivity index (χ1v) is 10.6. The van der Waals surface area contributed by atoms with Gasteiger partial charge in [0.05, 0.1) is 20.7 Å². The van der Waals surface area contributed by atoms with Gasteiger partial charge >= 0.3 is 0 Å². The van der Waals surface area contributed by atoms with Crippen molar-refractivity contribution in [3.05, 3.63) is 53.7 Å². The summed E-state index contributed by atoms with van der Waals surface area (Å²) in [6, 6.07) is 14.5. The zero-order chi connectivity index (χ0) is 20.0. The van der Waals surface area contributed by atoms with Crippen LogP contribution in [0.3, 0.4) is 0 Å². The van der Waals surface area contributed by atoms with Gasteiger partial charge in [-0.15, -0.1) is 11.3 Å². The molecule has 2 aromatic heterocycles. The first-order chi connectivity index (χ1) is 14.1. The predicted octanol–water partition coefficient (Wildman–Crippen LogP) is 4.72. The number of hydrogen-bond donors (Lipinski definition) is 1. The monoisotopic (exact) mass is 403 g/mol. The summed E-state index contributed by atoms with van der Waals surface area (Å²) in [5, 5.41) is 4.94. The Hall–Kier alpha value is -2.99. The average molecular weight is 404 g/mol. The third-order valence-electron chi connectivity index (χ3n) is 5.50. The van der Waals surface area contributed by atoms with E-state index in [1.807, 2.05) is 26.0 Å². The highest BCUT2D eigenvalue weighted by Crippen LogP contribution is 2.35. The molecular formula is C23H21N3O2S. The third kappa shape index (κ3) is 3.44. The van der Waals surface area contributed by atoms with Crippen molar-refractivity contribution in [2.24, 2.45) is 5.92 Å². The second kappa shape index (κ2) is 7.12. The van der Waals surface area contributed by atoms with Gasteiger partial charge < -0.3 is 10.1 Å². The number of carbonyl (C=O) groups is 1. The number of benzene rings is 2. The van der Waals surface area contributed by atoms with Crippen molar-refractivity contribution in [2.75, 3.05) is 6.54 Å². The predicted molar refractivity (Wildman–Crippen MR) is 116 cm³/mol. The van der Waals surface area contributed by atoms with Crippen LogP contribution in [-0.4, -0.2) is 28.5 Å². The third-order valence-corrected chi connectivity index (χ3v) is 6.43. The van der Waals surface area contributed by atoms with Crippen molar-refractivity contribution in [2.45, 2.75) is 26.4 Å². The molecular weight excluding hydrogens is 382 g/mol. The standard InChI is InChI=1S/C23H21N3O2S/c1-13(17-11-23(27)25-12-17)28-21-9-16(8-20-18(21)4-3-7-24-20)15-5-6-19-22(10-15)29-14(2)26-19/h3-10,13,17H,11-12H2,1-2H3,(H,25,27)/t13-,17+/m0/s1. The van der Waals surface area contributed by atoms with E-state index in [1.54, 1.807) is 17.5 Å². The van der Waals surface area contributed by atoms with Crippen LogP contribution in [0, 0.1) is 12.8 Å². The van der Waals surface area contributed by atoms with E-state index in [4.69, 9.17) is 4.74 Å². The number of hydrogen-bond acceptors (Lipinski definition) is 5. The number of nitrogens with zero attached hydrogens (tertiary/aromatic N) is 2. The van der Waals surface area contributed by atoms with Gasteiger partial charge in [-0.25, -0.2) is 4.98 Å². The summed E-state index contributed by atoms with van der Waals surface area (Å²) in [5.74, 6) is 1.08. The molecule has 4 aromatic rings. The SMILES string of the molecule is Cc1nc2ccc(-c3cc(O[C@@H](C)[C@H]4CNC(=O)C4)c4cccnc4c3)cc2s1. The molecule has 0 radical (unpaired) electrons. The number of aromatic nitrogens is 2. The van der Waals surface area contributed by atoms with Gasteiger partial charge in [0, 0.05) is 30.5 Å². The molecule has 2 aromatic carbocycles.